The van der Waals surface area contributed by atoms with Crippen molar-refractivity contribution < 1.29 is 5.11 Å². The standard InChI is InChI=1S/C12H26N2O/c1-5-12(3,15)10-14-8-6-7-13(4)9-11(14)2/h11,15H,5-10H2,1-4H3. The average molecular weight is 214 g/mol. The van der Waals surface area contributed by atoms with Crippen molar-refractivity contribution in [3.63, 3.8) is 0 Å². The van der Waals surface area contributed by atoms with Gasteiger partial charge in [0.05, 0.1) is 5.60 Å². The summed E-state index contributed by atoms with van der Waals surface area (Å²) in [5, 5.41) is 10.1. The molecule has 0 amide bonds. The molecule has 1 N–H and O–H groups in total. The van der Waals surface area contributed by atoms with Crippen LogP contribution in [0.25, 0.3) is 0 Å². The van der Waals surface area contributed by atoms with Crippen molar-refractivity contribution in [1.82, 2.24) is 9.80 Å². The molecule has 3 nitrogen and oxygen atoms in total. The molecule has 15 heavy (non-hydrogen) atoms. The van der Waals surface area contributed by atoms with E-state index >= 15 is 0 Å². The van der Waals surface area contributed by atoms with Crippen LogP contribution in [0.15, 0.2) is 0 Å². The van der Waals surface area contributed by atoms with Crippen molar-refractivity contribution >= 4 is 0 Å². The maximum Gasteiger partial charge on any atom is 0.0743 e. The molecule has 2 atom stereocenters. The Morgan fingerprint density at radius 3 is 2.67 bits per heavy atom. The lowest BCUT2D eigenvalue weighted by Gasteiger charge is -2.34. The minimum atomic E-state index is -0.531. The van der Waals surface area contributed by atoms with Crippen molar-refractivity contribution in [2.45, 2.75) is 45.3 Å². The van der Waals surface area contributed by atoms with Gasteiger partial charge in [0.25, 0.3) is 0 Å². The van der Waals surface area contributed by atoms with Crippen molar-refractivity contribution in [2.75, 3.05) is 33.2 Å². The zero-order valence-corrected chi connectivity index (χ0v) is 10.7. The highest BCUT2D eigenvalue weighted by Gasteiger charge is 2.26. The molecular weight excluding hydrogens is 188 g/mol. The van der Waals surface area contributed by atoms with Crippen molar-refractivity contribution in [3.05, 3.63) is 0 Å². The Hall–Kier alpha value is -0.120. The summed E-state index contributed by atoms with van der Waals surface area (Å²) in [6.07, 6.45) is 2.03. The van der Waals surface area contributed by atoms with Gasteiger partial charge in [0.2, 0.25) is 0 Å². The average Bonchev–Trinajstić information content (AvgIpc) is 2.29. The molecular formula is C12H26N2O. The van der Waals surface area contributed by atoms with Gasteiger partial charge in [0.15, 0.2) is 0 Å². The van der Waals surface area contributed by atoms with Gasteiger partial charge in [0, 0.05) is 19.1 Å². The highest BCUT2D eigenvalue weighted by Crippen LogP contribution is 2.15. The Labute approximate surface area is 94.1 Å². The van der Waals surface area contributed by atoms with Crippen LogP contribution >= 0.6 is 0 Å². The van der Waals surface area contributed by atoms with Crippen molar-refractivity contribution in [1.29, 1.82) is 0 Å². The van der Waals surface area contributed by atoms with Crippen molar-refractivity contribution in [3.8, 4) is 0 Å². The van der Waals surface area contributed by atoms with Crippen LogP contribution in [0.5, 0.6) is 0 Å². The van der Waals surface area contributed by atoms with Crippen LogP contribution in [0.1, 0.15) is 33.6 Å². The summed E-state index contributed by atoms with van der Waals surface area (Å²) in [6, 6.07) is 0.551. The third-order valence-electron chi connectivity index (χ3n) is 3.49. The summed E-state index contributed by atoms with van der Waals surface area (Å²) >= 11 is 0. The molecule has 0 radical (unpaired) electrons. The molecule has 2 unspecified atom stereocenters. The number of nitrogens with zero attached hydrogens (tertiary/aromatic N) is 2. The third kappa shape index (κ3) is 4.09. The Morgan fingerprint density at radius 2 is 2.07 bits per heavy atom. The molecule has 1 heterocycles. The fourth-order valence-corrected chi connectivity index (χ4v) is 2.21. The second-order valence-corrected chi connectivity index (χ2v) is 5.29. The van der Waals surface area contributed by atoms with E-state index in [9.17, 15) is 5.11 Å². The minimum absolute atomic E-state index is 0.531. The van der Waals surface area contributed by atoms with Crippen LogP contribution in [0.4, 0.5) is 0 Å². The minimum Gasteiger partial charge on any atom is -0.389 e. The van der Waals surface area contributed by atoms with Crippen molar-refractivity contribution in [2.24, 2.45) is 0 Å². The Kier molecular flexibility index (Phi) is 4.56. The summed E-state index contributed by atoms with van der Waals surface area (Å²) in [4.78, 5) is 4.80. The highest BCUT2D eigenvalue weighted by molar-refractivity contribution is 4.82. The van der Waals surface area contributed by atoms with E-state index in [0.717, 1.165) is 26.1 Å². The Bertz CT molecular complexity index is 194. The molecule has 0 aromatic rings. The smallest absolute Gasteiger partial charge is 0.0743 e. The van der Waals surface area contributed by atoms with E-state index in [1.165, 1.54) is 13.0 Å². The first-order valence-electron chi connectivity index (χ1n) is 6.09. The van der Waals surface area contributed by atoms with E-state index in [0.29, 0.717) is 6.04 Å². The van der Waals surface area contributed by atoms with Gasteiger partial charge in [-0.15, -0.1) is 0 Å². The van der Waals surface area contributed by atoms with Crippen LogP contribution in [0, 0.1) is 0 Å². The van der Waals surface area contributed by atoms with Gasteiger partial charge in [0.1, 0.15) is 0 Å². The molecule has 0 aromatic carbocycles. The number of rotatable bonds is 3. The van der Waals surface area contributed by atoms with Gasteiger partial charge >= 0.3 is 0 Å². The zero-order chi connectivity index (χ0) is 11.5. The monoisotopic (exact) mass is 214 g/mol. The van der Waals surface area contributed by atoms with Gasteiger partial charge in [-0.2, -0.15) is 0 Å². The molecule has 1 aliphatic rings. The maximum absolute atomic E-state index is 10.1. The van der Waals surface area contributed by atoms with Crippen LogP contribution in [0.3, 0.4) is 0 Å². The quantitative estimate of drug-likeness (QED) is 0.764. The summed E-state index contributed by atoms with van der Waals surface area (Å²) in [7, 11) is 2.18. The first-order valence-corrected chi connectivity index (χ1v) is 6.09. The number of aliphatic hydroxyl groups is 1. The lowest BCUT2D eigenvalue weighted by molar-refractivity contribution is 0.00610. The summed E-state index contributed by atoms with van der Waals surface area (Å²) in [6.45, 7) is 10.4. The topological polar surface area (TPSA) is 26.7 Å². The Balaban J connectivity index is 2.53. The van der Waals surface area contributed by atoms with E-state index < -0.39 is 5.60 Å². The molecule has 90 valence electrons. The van der Waals surface area contributed by atoms with Crippen LogP contribution < -0.4 is 0 Å². The number of likely N-dealkylation sites (N-methyl/N-ethyl adjacent to an activating group) is 1. The van der Waals surface area contributed by atoms with Gasteiger partial charge in [-0.3, -0.25) is 4.90 Å². The molecule has 3 heteroatoms. The van der Waals surface area contributed by atoms with Crippen LogP contribution in [-0.2, 0) is 0 Å². The predicted octanol–water partition coefficient (Wildman–Crippen LogP) is 1.17. The van der Waals surface area contributed by atoms with Gasteiger partial charge in [-0.1, -0.05) is 6.92 Å². The summed E-state index contributed by atoms with van der Waals surface area (Å²) in [5.41, 5.74) is -0.531. The van der Waals surface area contributed by atoms with E-state index in [1.54, 1.807) is 0 Å². The van der Waals surface area contributed by atoms with Gasteiger partial charge in [-0.25, -0.2) is 0 Å². The molecule has 1 fully saturated rings. The zero-order valence-electron chi connectivity index (χ0n) is 10.7. The second kappa shape index (κ2) is 5.28. The molecule has 1 aliphatic heterocycles. The van der Waals surface area contributed by atoms with E-state index in [2.05, 4.69) is 30.7 Å². The fourth-order valence-electron chi connectivity index (χ4n) is 2.21. The number of hydrogen-bond donors (Lipinski definition) is 1. The normalized spacial score (nSPS) is 29.8. The SMILES string of the molecule is CCC(C)(O)CN1CCCN(C)CC1C. The largest absolute Gasteiger partial charge is 0.389 e. The maximum atomic E-state index is 10.1. The van der Waals surface area contributed by atoms with Gasteiger partial charge in [-0.05, 0) is 46.8 Å². The second-order valence-electron chi connectivity index (χ2n) is 5.29. The lowest BCUT2D eigenvalue weighted by Crippen LogP contribution is -2.46. The molecule has 1 saturated heterocycles. The molecule has 0 spiro atoms. The molecule has 0 bridgehead atoms. The first-order chi connectivity index (χ1) is 6.94. The summed E-state index contributed by atoms with van der Waals surface area (Å²) < 4.78 is 0. The fraction of sp³-hybridized carbons (Fsp3) is 1.00. The van der Waals surface area contributed by atoms with Crippen LogP contribution in [0.2, 0.25) is 0 Å². The van der Waals surface area contributed by atoms with E-state index in [4.69, 9.17) is 0 Å². The molecule has 0 aliphatic carbocycles. The third-order valence-corrected chi connectivity index (χ3v) is 3.49. The first kappa shape index (κ1) is 12.9. The number of β-amino-alcohol motifs (C(OH)–C–C–N with tert-alkyl or cyclic N) is 1. The number of hydrogen-bond acceptors (Lipinski definition) is 3. The molecule has 0 aromatic heterocycles. The molecule has 0 saturated carbocycles. The predicted molar refractivity (Wildman–Crippen MR) is 64.1 cm³/mol. The van der Waals surface area contributed by atoms with Crippen LogP contribution in [-0.4, -0.2) is 59.8 Å². The lowest BCUT2D eigenvalue weighted by atomic mass is 10.0. The Morgan fingerprint density at radius 1 is 1.40 bits per heavy atom. The molecule has 1 rings (SSSR count). The summed E-state index contributed by atoms with van der Waals surface area (Å²) in [5.74, 6) is 0. The van der Waals surface area contributed by atoms with E-state index in [-0.39, 0.29) is 0 Å². The van der Waals surface area contributed by atoms with E-state index in [1.807, 2.05) is 6.92 Å². The highest BCUT2D eigenvalue weighted by atomic mass is 16.3. The van der Waals surface area contributed by atoms with Gasteiger partial charge < -0.3 is 10.0 Å².